The SMILES string of the molecule is CCCc1ccc(-c2cccc(-n3c4ccccc4c4c5c6ccccc6n(-c6ccc(-c7ccc(CCC)cc7-c7ccccc7)cc6)c5ccc43)c2)cc1. The largest absolute Gasteiger partial charge is 0.309 e. The van der Waals surface area contributed by atoms with Crippen LogP contribution >= 0.6 is 0 Å². The fourth-order valence-electron chi connectivity index (χ4n) is 8.99. The number of hydrogen-bond acceptors (Lipinski definition) is 0. The van der Waals surface area contributed by atoms with Gasteiger partial charge in [-0.3, -0.25) is 0 Å². The van der Waals surface area contributed by atoms with Crippen LogP contribution in [0.3, 0.4) is 0 Å². The first-order chi connectivity index (χ1) is 27.7. The Balaban J connectivity index is 1.13. The Bertz CT molecular complexity index is 3010. The normalized spacial score (nSPS) is 11.7. The Morgan fingerprint density at radius 2 is 0.875 bits per heavy atom. The maximum Gasteiger partial charge on any atom is 0.0548 e. The molecule has 2 heterocycles. The van der Waals surface area contributed by atoms with Crippen molar-refractivity contribution in [3.8, 4) is 44.8 Å². The van der Waals surface area contributed by atoms with E-state index in [-0.39, 0.29) is 0 Å². The first-order valence-electron chi connectivity index (χ1n) is 20.1. The minimum atomic E-state index is 1.08. The minimum Gasteiger partial charge on any atom is -0.309 e. The van der Waals surface area contributed by atoms with Gasteiger partial charge in [-0.15, -0.1) is 0 Å². The number of para-hydroxylation sites is 2. The molecule has 56 heavy (non-hydrogen) atoms. The molecule has 270 valence electrons. The topological polar surface area (TPSA) is 9.86 Å². The summed E-state index contributed by atoms with van der Waals surface area (Å²) >= 11 is 0. The summed E-state index contributed by atoms with van der Waals surface area (Å²) in [5.41, 5.74) is 17.4. The predicted octanol–water partition coefficient (Wildman–Crippen LogP) is 14.8. The summed E-state index contributed by atoms with van der Waals surface area (Å²) in [6.45, 7) is 4.49. The van der Waals surface area contributed by atoms with Crippen molar-refractivity contribution in [2.45, 2.75) is 39.5 Å². The number of hydrogen-bond donors (Lipinski definition) is 0. The van der Waals surface area contributed by atoms with Gasteiger partial charge in [-0.25, -0.2) is 0 Å². The molecule has 0 bridgehead atoms. The monoisotopic (exact) mass is 720 g/mol. The highest BCUT2D eigenvalue weighted by Crippen LogP contribution is 2.43. The van der Waals surface area contributed by atoms with Gasteiger partial charge in [-0.05, 0) is 106 Å². The lowest BCUT2D eigenvalue weighted by Crippen LogP contribution is -1.95. The Hall–Kier alpha value is -6.64. The maximum atomic E-state index is 2.45. The maximum absolute atomic E-state index is 2.45. The molecule has 0 spiro atoms. The van der Waals surface area contributed by atoms with Crippen LogP contribution in [0.5, 0.6) is 0 Å². The molecule has 10 aromatic rings. The third kappa shape index (κ3) is 5.72. The number of fused-ring (bicyclic) bond motifs is 7. The molecule has 10 rings (SSSR count). The minimum absolute atomic E-state index is 1.08. The number of aryl methyl sites for hydroxylation is 2. The third-order valence-corrected chi connectivity index (χ3v) is 11.5. The highest BCUT2D eigenvalue weighted by Gasteiger charge is 2.21. The molecule has 8 aromatic carbocycles. The van der Waals surface area contributed by atoms with Crippen molar-refractivity contribution in [2.75, 3.05) is 0 Å². The van der Waals surface area contributed by atoms with Crippen LogP contribution in [0.1, 0.15) is 37.8 Å². The fourth-order valence-corrected chi connectivity index (χ4v) is 8.99. The van der Waals surface area contributed by atoms with Crippen LogP contribution in [0.15, 0.2) is 182 Å². The van der Waals surface area contributed by atoms with E-state index in [2.05, 4.69) is 205 Å². The first-order valence-corrected chi connectivity index (χ1v) is 20.1. The number of nitrogens with zero attached hydrogens (tertiary/aromatic N) is 2. The summed E-state index contributed by atoms with van der Waals surface area (Å²) in [6.07, 6.45) is 4.49. The second kappa shape index (κ2) is 14.2. The van der Waals surface area contributed by atoms with Crippen molar-refractivity contribution in [3.63, 3.8) is 0 Å². The molecule has 2 aromatic heterocycles. The van der Waals surface area contributed by atoms with E-state index < -0.39 is 0 Å². The molecule has 0 aliphatic rings. The number of rotatable bonds is 9. The molecule has 0 atom stereocenters. The lowest BCUT2D eigenvalue weighted by atomic mass is 9.92. The third-order valence-electron chi connectivity index (χ3n) is 11.5. The molecular weight excluding hydrogens is 677 g/mol. The Morgan fingerprint density at radius 1 is 0.339 bits per heavy atom. The highest BCUT2D eigenvalue weighted by molar-refractivity contribution is 6.28. The highest BCUT2D eigenvalue weighted by atomic mass is 15.0. The van der Waals surface area contributed by atoms with Crippen molar-refractivity contribution in [3.05, 3.63) is 193 Å². The quantitative estimate of drug-likeness (QED) is 0.140. The molecule has 0 saturated heterocycles. The molecular formula is C54H44N2. The van der Waals surface area contributed by atoms with Gasteiger partial charge in [0, 0.05) is 32.9 Å². The summed E-state index contributed by atoms with van der Waals surface area (Å²) < 4.78 is 4.90. The van der Waals surface area contributed by atoms with E-state index in [1.54, 1.807) is 0 Å². The summed E-state index contributed by atoms with van der Waals surface area (Å²) in [4.78, 5) is 0. The van der Waals surface area contributed by atoms with Gasteiger partial charge in [0.05, 0.1) is 22.1 Å². The molecule has 0 aliphatic carbocycles. The van der Waals surface area contributed by atoms with Gasteiger partial charge in [-0.1, -0.05) is 160 Å². The molecule has 0 N–H and O–H groups in total. The lowest BCUT2D eigenvalue weighted by molar-refractivity contribution is 0.922. The van der Waals surface area contributed by atoms with E-state index in [0.717, 1.165) is 31.4 Å². The van der Waals surface area contributed by atoms with Crippen LogP contribution in [0.4, 0.5) is 0 Å². The van der Waals surface area contributed by atoms with Crippen molar-refractivity contribution in [2.24, 2.45) is 0 Å². The lowest BCUT2D eigenvalue weighted by Gasteiger charge is -2.14. The van der Waals surface area contributed by atoms with Crippen LogP contribution in [0.25, 0.3) is 88.4 Å². The standard InChI is InChI=1S/C54H44N2/c1-3-13-37-23-26-39(27-24-37)42-17-12-18-44(36-42)56-50-22-11-9-20-47(50)54-52(56)34-33-51-53(54)46-19-8-10-21-49(46)55(51)43-30-28-41(29-31-43)45-32-25-38(14-4-2)35-48(45)40-15-6-5-7-16-40/h5-12,15-36H,3-4,13-14H2,1-2H3. The Kier molecular flexibility index (Phi) is 8.60. The van der Waals surface area contributed by atoms with Crippen LogP contribution in [-0.4, -0.2) is 9.13 Å². The van der Waals surface area contributed by atoms with Crippen molar-refractivity contribution in [1.82, 2.24) is 9.13 Å². The molecule has 0 amide bonds. The predicted molar refractivity (Wildman–Crippen MR) is 239 cm³/mol. The van der Waals surface area contributed by atoms with Crippen molar-refractivity contribution in [1.29, 1.82) is 0 Å². The van der Waals surface area contributed by atoms with E-state index in [4.69, 9.17) is 0 Å². The molecule has 0 unspecified atom stereocenters. The number of benzene rings is 8. The van der Waals surface area contributed by atoms with Crippen LogP contribution in [0.2, 0.25) is 0 Å². The van der Waals surface area contributed by atoms with Gasteiger partial charge >= 0.3 is 0 Å². The van der Waals surface area contributed by atoms with E-state index in [0.29, 0.717) is 0 Å². The zero-order valence-corrected chi connectivity index (χ0v) is 32.0. The van der Waals surface area contributed by atoms with Gasteiger partial charge in [0.1, 0.15) is 0 Å². The van der Waals surface area contributed by atoms with Gasteiger partial charge in [0.2, 0.25) is 0 Å². The Labute approximate surface area is 328 Å². The summed E-state index contributed by atoms with van der Waals surface area (Å²) in [6, 6.07) is 67.6. The zero-order valence-electron chi connectivity index (χ0n) is 32.0. The second-order valence-electron chi connectivity index (χ2n) is 15.1. The fraction of sp³-hybridized carbons (Fsp3) is 0.111. The van der Waals surface area contributed by atoms with Crippen LogP contribution in [-0.2, 0) is 12.8 Å². The van der Waals surface area contributed by atoms with Gasteiger partial charge < -0.3 is 9.13 Å². The second-order valence-corrected chi connectivity index (χ2v) is 15.1. The average Bonchev–Trinajstić information content (AvgIpc) is 3.77. The van der Waals surface area contributed by atoms with E-state index in [9.17, 15) is 0 Å². The van der Waals surface area contributed by atoms with Gasteiger partial charge in [0.15, 0.2) is 0 Å². The smallest absolute Gasteiger partial charge is 0.0548 e. The van der Waals surface area contributed by atoms with Gasteiger partial charge in [0.25, 0.3) is 0 Å². The zero-order chi connectivity index (χ0) is 37.6. The molecule has 0 radical (unpaired) electrons. The molecule has 0 saturated carbocycles. The van der Waals surface area contributed by atoms with E-state index in [1.807, 2.05) is 0 Å². The molecule has 2 heteroatoms. The van der Waals surface area contributed by atoms with Crippen molar-refractivity contribution >= 4 is 43.6 Å². The van der Waals surface area contributed by atoms with Crippen LogP contribution < -0.4 is 0 Å². The van der Waals surface area contributed by atoms with Crippen LogP contribution in [0, 0.1) is 0 Å². The summed E-state index contributed by atoms with van der Waals surface area (Å²) in [5.74, 6) is 0. The summed E-state index contributed by atoms with van der Waals surface area (Å²) in [5, 5.41) is 5.11. The van der Waals surface area contributed by atoms with E-state index in [1.165, 1.54) is 93.8 Å². The first kappa shape index (κ1) is 33.9. The molecule has 0 fully saturated rings. The van der Waals surface area contributed by atoms with Crippen molar-refractivity contribution < 1.29 is 0 Å². The van der Waals surface area contributed by atoms with Gasteiger partial charge in [-0.2, -0.15) is 0 Å². The molecule has 2 nitrogen and oxygen atoms in total. The van der Waals surface area contributed by atoms with E-state index >= 15 is 0 Å². The molecule has 0 aliphatic heterocycles. The number of aromatic nitrogens is 2. The Morgan fingerprint density at radius 3 is 1.54 bits per heavy atom. The average molecular weight is 721 g/mol. The summed E-state index contributed by atoms with van der Waals surface area (Å²) in [7, 11) is 0.